The van der Waals surface area contributed by atoms with Gasteiger partial charge in [-0.25, -0.2) is 9.13 Å². The topological polar surface area (TPSA) is 8.81 Å². The summed E-state index contributed by atoms with van der Waals surface area (Å²) in [7, 11) is 2.89. The summed E-state index contributed by atoms with van der Waals surface area (Å²) in [6.45, 7) is 3.80. The third-order valence-electron chi connectivity index (χ3n) is 3.20. The number of aromatic nitrogens is 2. The fraction of sp³-hybridized carbons (Fsp3) is 0.417. The summed E-state index contributed by atoms with van der Waals surface area (Å²) in [4.78, 5) is 0. The Morgan fingerprint density at radius 3 is 2.11 bits per heavy atom. The maximum Gasteiger partial charge on any atom is 0.495 e. The van der Waals surface area contributed by atoms with Gasteiger partial charge in [-0.2, -0.15) is 13.2 Å². The molecule has 0 unspecified atom stereocenters. The van der Waals surface area contributed by atoms with Crippen molar-refractivity contribution in [2.75, 3.05) is 0 Å². The van der Waals surface area contributed by atoms with E-state index in [1.54, 1.807) is 12.1 Å². The molecule has 0 N–H and O–H groups in total. The Hall–Kier alpha value is -1.04. The van der Waals surface area contributed by atoms with Crippen molar-refractivity contribution in [2.45, 2.75) is 20.0 Å². The molecule has 0 aliphatic carbocycles. The number of hydrogen-bond donors (Lipinski definition) is 0. The predicted molar refractivity (Wildman–Crippen MR) is 58.6 cm³/mol. The van der Waals surface area contributed by atoms with Crippen LogP contribution in [0, 0.1) is 13.8 Å². The average Bonchev–Trinajstić information content (AvgIpc) is 2.40. The van der Waals surface area contributed by atoms with Gasteiger partial charge in [-0.1, -0.05) is 0 Å². The number of fused-ring (bicyclic) bond motifs is 1. The minimum absolute atomic E-state index is 0. The molecule has 0 aliphatic heterocycles. The Labute approximate surface area is 114 Å². The monoisotopic (exact) mass is 322 g/mol. The van der Waals surface area contributed by atoms with Gasteiger partial charge in [-0.15, -0.1) is 0 Å². The van der Waals surface area contributed by atoms with E-state index in [0.717, 1.165) is 11.1 Å². The van der Waals surface area contributed by atoms with Gasteiger partial charge in [0.2, 0.25) is 0 Å². The summed E-state index contributed by atoms with van der Waals surface area (Å²) in [6, 6.07) is 3.58. The smallest absolute Gasteiger partial charge is 0.495 e. The van der Waals surface area contributed by atoms with E-state index in [0.29, 0.717) is 11.0 Å². The highest BCUT2D eigenvalue weighted by atomic mass is 79.9. The molecule has 0 bridgehead atoms. The molecule has 0 saturated carbocycles. The Bertz CT molecular complexity index is 555. The molecule has 18 heavy (non-hydrogen) atoms. The van der Waals surface area contributed by atoms with E-state index in [9.17, 15) is 13.2 Å². The zero-order valence-corrected chi connectivity index (χ0v) is 12.1. The molecular formula is C12H14BrF3N2. The van der Waals surface area contributed by atoms with Crippen molar-refractivity contribution in [2.24, 2.45) is 14.1 Å². The van der Waals surface area contributed by atoms with E-state index in [4.69, 9.17) is 0 Å². The summed E-state index contributed by atoms with van der Waals surface area (Å²) >= 11 is 0. The standard InChI is InChI=1S/C12H14F3N2.BrH/c1-7-5-9-10(6-8(7)2)17(4)11(16(9)3)12(13,14)15;/h5-6H,1-4H3;1H/q+1;/p-1. The lowest BCUT2D eigenvalue weighted by molar-refractivity contribution is -0.667. The first-order valence-electron chi connectivity index (χ1n) is 5.26. The molecule has 0 radical (unpaired) electrons. The van der Waals surface area contributed by atoms with Crippen LogP contribution in [0.5, 0.6) is 0 Å². The van der Waals surface area contributed by atoms with E-state index in [1.807, 2.05) is 13.8 Å². The molecule has 0 saturated heterocycles. The van der Waals surface area contributed by atoms with Gasteiger partial charge >= 0.3 is 12.0 Å². The zero-order chi connectivity index (χ0) is 13.0. The molecule has 100 valence electrons. The van der Waals surface area contributed by atoms with Crippen molar-refractivity contribution in [3.8, 4) is 0 Å². The van der Waals surface area contributed by atoms with E-state index in [2.05, 4.69) is 0 Å². The number of rotatable bonds is 0. The van der Waals surface area contributed by atoms with Gasteiger partial charge in [0, 0.05) is 0 Å². The number of imidazole rings is 1. The zero-order valence-electron chi connectivity index (χ0n) is 10.6. The summed E-state index contributed by atoms with van der Waals surface area (Å²) < 4.78 is 41.1. The minimum Gasteiger partial charge on any atom is -1.00 e. The molecule has 2 rings (SSSR count). The largest absolute Gasteiger partial charge is 1.00 e. The second kappa shape index (κ2) is 4.57. The van der Waals surface area contributed by atoms with Gasteiger partial charge in [0.15, 0.2) is 11.0 Å². The number of aryl methyl sites for hydroxylation is 4. The van der Waals surface area contributed by atoms with Crippen molar-refractivity contribution in [1.82, 2.24) is 4.57 Å². The second-order valence-electron chi connectivity index (χ2n) is 4.36. The molecular weight excluding hydrogens is 309 g/mol. The van der Waals surface area contributed by atoms with E-state index in [1.165, 1.54) is 23.2 Å². The molecule has 6 heteroatoms. The fourth-order valence-corrected chi connectivity index (χ4v) is 2.16. The SMILES string of the molecule is Cc1cc2c(cc1C)[n+](C)c(C(F)(F)F)n2C.[Br-]. The Kier molecular flexibility index (Phi) is 3.81. The van der Waals surface area contributed by atoms with Gasteiger partial charge in [0.1, 0.15) is 0 Å². The number of halogens is 4. The lowest BCUT2D eigenvalue weighted by Crippen LogP contribution is -3.00. The van der Waals surface area contributed by atoms with Gasteiger partial charge < -0.3 is 17.0 Å². The fourth-order valence-electron chi connectivity index (χ4n) is 2.16. The van der Waals surface area contributed by atoms with Crippen molar-refractivity contribution in [3.63, 3.8) is 0 Å². The van der Waals surface area contributed by atoms with Crippen molar-refractivity contribution in [1.29, 1.82) is 0 Å². The van der Waals surface area contributed by atoms with Crippen LogP contribution in [-0.2, 0) is 20.3 Å². The first-order chi connectivity index (χ1) is 7.73. The molecule has 0 fully saturated rings. The van der Waals surface area contributed by atoms with Crippen LogP contribution in [0.1, 0.15) is 17.0 Å². The molecule has 0 atom stereocenters. The minimum atomic E-state index is -4.34. The van der Waals surface area contributed by atoms with E-state index in [-0.39, 0.29) is 17.0 Å². The van der Waals surface area contributed by atoms with Crippen LogP contribution in [0.25, 0.3) is 11.0 Å². The molecule has 2 nitrogen and oxygen atoms in total. The van der Waals surface area contributed by atoms with Crippen LogP contribution in [0.3, 0.4) is 0 Å². The summed E-state index contributed by atoms with van der Waals surface area (Å²) in [5.74, 6) is -0.641. The molecule has 2 aromatic rings. The van der Waals surface area contributed by atoms with Crippen molar-refractivity contribution < 1.29 is 34.7 Å². The third kappa shape index (κ3) is 2.13. The van der Waals surface area contributed by atoms with Crippen LogP contribution < -0.4 is 21.5 Å². The van der Waals surface area contributed by atoms with Gasteiger partial charge in [0.25, 0.3) is 0 Å². The maximum atomic E-state index is 12.9. The highest BCUT2D eigenvalue weighted by molar-refractivity contribution is 5.74. The number of benzene rings is 1. The average molecular weight is 323 g/mol. The summed E-state index contributed by atoms with van der Waals surface area (Å²) in [5.41, 5.74) is 3.19. The Morgan fingerprint density at radius 2 is 1.61 bits per heavy atom. The number of alkyl halides is 3. The lowest BCUT2D eigenvalue weighted by atomic mass is 10.1. The van der Waals surface area contributed by atoms with E-state index < -0.39 is 12.0 Å². The Balaban J connectivity index is 0.00000162. The first-order valence-corrected chi connectivity index (χ1v) is 5.26. The quantitative estimate of drug-likeness (QED) is 0.586. The van der Waals surface area contributed by atoms with Crippen LogP contribution in [0.4, 0.5) is 13.2 Å². The van der Waals surface area contributed by atoms with Crippen LogP contribution in [-0.4, -0.2) is 4.57 Å². The lowest BCUT2D eigenvalue weighted by Gasteiger charge is -2.01. The Morgan fingerprint density at radius 1 is 1.11 bits per heavy atom. The predicted octanol–water partition coefficient (Wildman–Crippen LogP) is -0.358. The first kappa shape index (κ1) is 15.0. The highest BCUT2D eigenvalue weighted by Gasteiger charge is 2.45. The summed E-state index contributed by atoms with van der Waals surface area (Å²) in [6.07, 6.45) is -4.34. The maximum absolute atomic E-state index is 12.9. The molecule has 0 spiro atoms. The molecule has 1 aromatic carbocycles. The van der Waals surface area contributed by atoms with Gasteiger partial charge in [0.05, 0.1) is 14.1 Å². The van der Waals surface area contributed by atoms with Gasteiger partial charge in [-0.05, 0) is 37.1 Å². The number of nitrogens with zero attached hydrogens (tertiary/aromatic N) is 2. The normalized spacial score (nSPS) is 11.7. The van der Waals surface area contributed by atoms with Crippen LogP contribution in [0.15, 0.2) is 12.1 Å². The van der Waals surface area contributed by atoms with Crippen LogP contribution >= 0.6 is 0 Å². The second-order valence-corrected chi connectivity index (χ2v) is 4.36. The van der Waals surface area contributed by atoms with E-state index >= 15 is 0 Å². The van der Waals surface area contributed by atoms with Gasteiger partial charge in [-0.3, -0.25) is 0 Å². The van der Waals surface area contributed by atoms with Crippen molar-refractivity contribution in [3.05, 3.63) is 29.1 Å². The summed E-state index contributed by atoms with van der Waals surface area (Å²) in [5, 5.41) is 0. The van der Waals surface area contributed by atoms with Crippen molar-refractivity contribution >= 4 is 11.0 Å². The number of hydrogen-bond acceptors (Lipinski definition) is 0. The highest BCUT2D eigenvalue weighted by Crippen LogP contribution is 2.29. The third-order valence-corrected chi connectivity index (χ3v) is 3.20. The van der Waals surface area contributed by atoms with Crippen LogP contribution in [0.2, 0.25) is 0 Å². The molecule has 1 aromatic heterocycles. The molecule has 1 heterocycles. The molecule has 0 aliphatic rings. The molecule has 0 amide bonds.